The number of esters is 3. The third kappa shape index (κ3) is 27.2. The predicted octanol–water partition coefficient (Wildman–Crippen LogP) is 11.7. The van der Waals surface area contributed by atoms with Crippen LogP contribution in [0.2, 0.25) is 0 Å². The van der Waals surface area contributed by atoms with Crippen molar-refractivity contribution in [2.24, 2.45) is 11.8 Å². The second-order valence-electron chi connectivity index (χ2n) is 18.3. The van der Waals surface area contributed by atoms with Crippen LogP contribution in [0.1, 0.15) is 207 Å². The van der Waals surface area contributed by atoms with Crippen LogP contribution in [0, 0.1) is 11.8 Å². The van der Waals surface area contributed by atoms with Gasteiger partial charge in [0.15, 0.2) is 6.10 Å². The van der Waals surface area contributed by atoms with Gasteiger partial charge in [-0.2, -0.15) is 4.37 Å². The molecule has 356 valence electrons. The molecule has 0 N–H and O–H groups in total. The van der Waals surface area contributed by atoms with Crippen molar-refractivity contribution >= 4 is 41.7 Å². The maximum atomic E-state index is 12.8. The van der Waals surface area contributed by atoms with Crippen molar-refractivity contribution in [2.75, 3.05) is 46.7 Å². The average molecular weight is 893 g/mol. The minimum absolute atomic E-state index is 0.124. The van der Waals surface area contributed by atoms with Gasteiger partial charge in [-0.1, -0.05) is 169 Å². The number of nitrogens with zero attached hydrogens (tertiary/aromatic N) is 3. The second-order valence-corrected chi connectivity index (χ2v) is 18.8. The van der Waals surface area contributed by atoms with Crippen molar-refractivity contribution in [2.45, 2.75) is 207 Å². The fraction of sp³-hybridized carbons (Fsp3) is 0.837. The molecular weight excluding hydrogens is 807 g/mol. The van der Waals surface area contributed by atoms with Gasteiger partial charge in [0.25, 0.3) is 12.4 Å². The van der Waals surface area contributed by atoms with Crippen LogP contribution < -0.4 is 4.74 Å². The summed E-state index contributed by atoms with van der Waals surface area (Å²) >= 11 is 1.18. The predicted molar refractivity (Wildman–Crippen MR) is 247 cm³/mol. The number of quaternary nitrogens is 1. The van der Waals surface area contributed by atoms with Gasteiger partial charge < -0.3 is 23.7 Å². The van der Waals surface area contributed by atoms with Crippen LogP contribution in [-0.4, -0.2) is 90.4 Å². The molecule has 1 aromatic rings. The van der Waals surface area contributed by atoms with Crippen molar-refractivity contribution in [1.82, 2.24) is 8.75 Å². The van der Waals surface area contributed by atoms with E-state index in [9.17, 15) is 19.2 Å². The van der Waals surface area contributed by atoms with E-state index in [0.29, 0.717) is 49.6 Å². The molecule has 0 aromatic carbocycles. The van der Waals surface area contributed by atoms with Crippen LogP contribution in [0.25, 0.3) is 5.57 Å². The normalized spacial score (nSPS) is 16.5. The smallest absolute Gasteiger partial charge is 0.310 e. The molecule has 62 heavy (non-hydrogen) atoms. The number of unbranched alkanes of at least 4 members (excludes halogenated alkanes) is 18. The first-order valence-corrected chi connectivity index (χ1v) is 25.4. The highest BCUT2D eigenvalue weighted by molar-refractivity contribution is 6.99. The fourth-order valence-corrected chi connectivity index (χ4v) is 8.53. The van der Waals surface area contributed by atoms with Crippen LogP contribution in [-0.2, 0) is 38.1 Å². The van der Waals surface area contributed by atoms with Crippen LogP contribution in [0.15, 0.2) is 6.08 Å². The zero-order valence-corrected chi connectivity index (χ0v) is 40.5. The zero-order chi connectivity index (χ0) is 45.1. The Labute approximate surface area is 379 Å². The monoisotopic (exact) mass is 893 g/mol. The molecule has 0 amide bonds. The van der Waals surface area contributed by atoms with Crippen molar-refractivity contribution in [3.05, 3.63) is 11.8 Å². The first-order chi connectivity index (χ1) is 30.1. The van der Waals surface area contributed by atoms with Crippen molar-refractivity contribution in [3.63, 3.8) is 0 Å². The second kappa shape index (κ2) is 35.3. The summed E-state index contributed by atoms with van der Waals surface area (Å²) in [6.45, 7) is 11.2. The first-order valence-electron chi connectivity index (χ1n) is 24.6. The van der Waals surface area contributed by atoms with E-state index in [4.69, 9.17) is 23.7 Å². The summed E-state index contributed by atoms with van der Waals surface area (Å²) in [5, 5.41) is 0. The number of rotatable bonds is 40. The fourth-order valence-electron chi connectivity index (χ4n) is 8.00. The SMILES string of the molecule is CCCCCCCCCCCCCCCC(=O)OCC(COC=O)OC(=O)CC(C)CCCCCCC(C)CC(=O)OC[N+]1(C)CCC=C(c2nsnc2OCCCCCC)C1. The highest BCUT2D eigenvalue weighted by Crippen LogP contribution is 2.30. The lowest BCUT2D eigenvalue weighted by atomic mass is 9.96. The molecule has 0 radical (unpaired) electrons. The Balaban J connectivity index is 1.53. The quantitative estimate of drug-likeness (QED) is 0.0204. The molecule has 1 aliphatic heterocycles. The number of likely N-dealkylation sites (N-methyl/N-ethyl adjacent to an activating group) is 1. The number of carbonyl (C=O) groups is 4. The first kappa shape index (κ1) is 55.1. The summed E-state index contributed by atoms with van der Waals surface area (Å²) in [4.78, 5) is 48.7. The molecule has 1 aromatic heterocycles. The highest BCUT2D eigenvalue weighted by Gasteiger charge is 2.31. The molecule has 0 saturated heterocycles. The summed E-state index contributed by atoms with van der Waals surface area (Å²) in [5.41, 5.74) is 1.93. The molecule has 0 spiro atoms. The molecule has 4 atom stereocenters. The molecule has 4 unspecified atom stereocenters. The standard InChI is InChI=1S/C49H86N3O9S/c1-6-8-10-12-13-14-15-16-17-18-19-20-25-31-45(54)59-38-44(37-57-40-53)61-47(56)35-42(4)29-24-22-21-23-28-41(3)34-46(55)60-39-52(5)32-27-30-43(36-52)48-49(51-62-50-48)58-33-26-11-9-7-2/h30,40-42,44H,6-29,31-39H2,1-5H3/q+1. The van der Waals surface area contributed by atoms with Gasteiger partial charge in [0.1, 0.15) is 25.5 Å². The van der Waals surface area contributed by atoms with E-state index < -0.39 is 6.10 Å². The Hall–Kier alpha value is -3.06. The Morgan fingerprint density at radius 3 is 1.89 bits per heavy atom. The zero-order valence-electron chi connectivity index (χ0n) is 39.6. The molecule has 13 heteroatoms. The van der Waals surface area contributed by atoms with Crippen LogP contribution in [0.4, 0.5) is 0 Å². The van der Waals surface area contributed by atoms with E-state index in [1.165, 1.54) is 88.8 Å². The van der Waals surface area contributed by atoms with Gasteiger partial charge in [0.2, 0.25) is 6.73 Å². The van der Waals surface area contributed by atoms with Gasteiger partial charge in [0, 0.05) is 31.3 Å². The summed E-state index contributed by atoms with van der Waals surface area (Å²) in [6.07, 6.45) is 29.9. The molecule has 2 heterocycles. The third-order valence-electron chi connectivity index (χ3n) is 11.9. The molecule has 0 fully saturated rings. The molecular formula is C49H86N3O9S+. The van der Waals surface area contributed by atoms with Gasteiger partial charge in [0.05, 0.1) is 31.9 Å². The van der Waals surface area contributed by atoms with E-state index in [1.807, 2.05) is 6.92 Å². The molecule has 12 nitrogen and oxygen atoms in total. The van der Waals surface area contributed by atoms with E-state index in [0.717, 1.165) is 94.9 Å². The summed E-state index contributed by atoms with van der Waals surface area (Å²) in [6, 6.07) is 0. The topological polar surface area (TPSA) is 140 Å². The molecule has 0 bridgehead atoms. The van der Waals surface area contributed by atoms with Gasteiger partial charge in [-0.15, -0.1) is 4.37 Å². The summed E-state index contributed by atoms with van der Waals surface area (Å²) in [5.74, 6) is 0.131. The van der Waals surface area contributed by atoms with Gasteiger partial charge in [-0.25, -0.2) is 0 Å². The maximum absolute atomic E-state index is 12.8. The molecule has 0 aliphatic carbocycles. The number of hydrogen-bond acceptors (Lipinski definition) is 12. The average Bonchev–Trinajstić information content (AvgIpc) is 3.72. The largest absolute Gasteiger partial charge is 0.475 e. The number of ether oxygens (including phenoxy) is 5. The lowest BCUT2D eigenvalue weighted by molar-refractivity contribution is -0.919. The highest BCUT2D eigenvalue weighted by atomic mass is 32.1. The van der Waals surface area contributed by atoms with E-state index in [2.05, 4.69) is 42.6 Å². The lowest BCUT2D eigenvalue weighted by Crippen LogP contribution is -2.49. The van der Waals surface area contributed by atoms with Crippen LogP contribution in [0.3, 0.4) is 0 Å². The number of carbonyl (C=O) groups excluding carboxylic acids is 4. The van der Waals surface area contributed by atoms with E-state index >= 15 is 0 Å². The Bertz CT molecular complexity index is 1370. The Morgan fingerprint density at radius 1 is 0.710 bits per heavy atom. The molecule has 0 saturated carbocycles. The number of hydrogen-bond donors (Lipinski definition) is 0. The maximum Gasteiger partial charge on any atom is 0.310 e. The Morgan fingerprint density at radius 2 is 1.27 bits per heavy atom. The van der Waals surface area contributed by atoms with Gasteiger partial charge in [-0.05, 0) is 24.7 Å². The van der Waals surface area contributed by atoms with E-state index in [-0.39, 0.29) is 49.4 Å². The van der Waals surface area contributed by atoms with Crippen molar-refractivity contribution < 1.29 is 47.3 Å². The third-order valence-corrected chi connectivity index (χ3v) is 12.4. The van der Waals surface area contributed by atoms with Crippen LogP contribution in [0.5, 0.6) is 5.88 Å². The minimum Gasteiger partial charge on any atom is -0.475 e. The van der Waals surface area contributed by atoms with Crippen molar-refractivity contribution in [3.8, 4) is 5.88 Å². The molecule has 2 rings (SSSR count). The summed E-state index contributed by atoms with van der Waals surface area (Å²) < 4.78 is 37.2. The van der Waals surface area contributed by atoms with E-state index in [1.54, 1.807) is 0 Å². The molecule has 1 aliphatic rings. The lowest BCUT2D eigenvalue weighted by Gasteiger charge is -2.36. The van der Waals surface area contributed by atoms with Crippen LogP contribution >= 0.6 is 11.7 Å². The minimum atomic E-state index is -0.820. The number of aromatic nitrogens is 2. The van der Waals surface area contributed by atoms with Gasteiger partial charge in [-0.3, -0.25) is 23.7 Å². The van der Waals surface area contributed by atoms with Gasteiger partial charge >= 0.3 is 17.9 Å². The Kier molecular flexibility index (Phi) is 31.4. The van der Waals surface area contributed by atoms with Crippen molar-refractivity contribution in [1.29, 1.82) is 0 Å². The summed E-state index contributed by atoms with van der Waals surface area (Å²) in [7, 11) is 2.13.